The van der Waals surface area contributed by atoms with Crippen LogP contribution in [0, 0.1) is 0 Å². The Morgan fingerprint density at radius 1 is 0.682 bits per heavy atom. The highest BCUT2D eigenvalue weighted by Gasteiger charge is 2.22. The lowest BCUT2D eigenvalue weighted by Crippen LogP contribution is -1.98. The monoisotopic (exact) mass is 582 g/mol. The van der Waals surface area contributed by atoms with Crippen molar-refractivity contribution in [3.63, 3.8) is 0 Å². The number of benzene rings is 6. The molecule has 4 heteroatoms. The van der Waals surface area contributed by atoms with Crippen LogP contribution in [-0.2, 0) is 6.42 Å². The zero-order valence-corrected chi connectivity index (χ0v) is 24.9. The molecule has 0 bridgehead atoms. The van der Waals surface area contributed by atoms with Gasteiger partial charge in [-0.2, -0.15) is 0 Å². The molecule has 0 unspecified atom stereocenters. The summed E-state index contributed by atoms with van der Waals surface area (Å²) in [4.78, 5) is 10.6. The van der Waals surface area contributed by atoms with Gasteiger partial charge in [0.1, 0.15) is 16.8 Å². The molecule has 0 fully saturated rings. The molecule has 208 valence electrons. The van der Waals surface area contributed by atoms with Gasteiger partial charge in [0.15, 0.2) is 11.4 Å². The van der Waals surface area contributed by atoms with E-state index < -0.39 is 0 Å². The molecule has 3 heterocycles. The summed E-state index contributed by atoms with van der Waals surface area (Å²) in [5.74, 6) is 0.703. The van der Waals surface area contributed by atoms with Gasteiger partial charge in [0.05, 0.1) is 0 Å². The summed E-state index contributed by atoms with van der Waals surface area (Å²) < 4.78 is 9.12. The fourth-order valence-corrected chi connectivity index (χ4v) is 7.88. The second-order valence-electron chi connectivity index (χ2n) is 11.2. The number of thiophene rings is 1. The summed E-state index contributed by atoms with van der Waals surface area (Å²) >= 11 is 1.86. The van der Waals surface area contributed by atoms with Crippen LogP contribution in [0.4, 0.5) is 0 Å². The maximum atomic E-state index is 6.49. The van der Waals surface area contributed by atoms with Gasteiger partial charge in [-0.25, -0.2) is 9.97 Å². The largest absolute Gasteiger partial charge is 0.452 e. The van der Waals surface area contributed by atoms with Crippen LogP contribution >= 0.6 is 11.3 Å². The lowest BCUT2D eigenvalue weighted by atomic mass is 9.91. The van der Waals surface area contributed by atoms with Crippen LogP contribution in [0.2, 0.25) is 0 Å². The van der Waals surface area contributed by atoms with E-state index in [0.29, 0.717) is 11.4 Å². The minimum absolute atomic E-state index is 0.703. The Kier molecular flexibility index (Phi) is 5.65. The molecule has 0 radical (unpaired) electrons. The van der Waals surface area contributed by atoms with Crippen LogP contribution in [0.3, 0.4) is 0 Å². The SMILES string of the molecule is C/C=C\C(=C/Cc1ccccc1)c1nc(-c2cccc3c4cccc5sc6cccc(c23)c6c54)nc2c1oc1ccccc12. The van der Waals surface area contributed by atoms with Crippen molar-refractivity contribution in [1.82, 2.24) is 9.97 Å². The Bertz CT molecular complexity index is 2590. The average Bonchev–Trinajstić information content (AvgIpc) is 3.65. The summed E-state index contributed by atoms with van der Waals surface area (Å²) in [5.41, 5.74) is 6.45. The Hall–Kier alpha value is -5.32. The zero-order chi connectivity index (χ0) is 29.2. The Balaban J connectivity index is 1.38. The molecule has 9 aromatic rings. The van der Waals surface area contributed by atoms with Gasteiger partial charge in [0.25, 0.3) is 0 Å². The van der Waals surface area contributed by atoms with Crippen molar-refractivity contribution in [3.8, 4) is 11.4 Å². The third-order valence-electron chi connectivity index (χ3n) is 8.63. The number of hydrogen-bond donors (Lipinski definition) is 0. The minimum atomic E-state index is 0.703. The van der Waals surface area contributed by atoms with Gasteiger partial charge < -0.3 is 4.42 Å². The standard InChI is InChI=1S/C40H26N2OS/c1-2-11-25(23-22-24-12-4-3-5-13-24)37-39-38(28-14-6-7-19-31(28)43-39)42-40(41-37)30-18-8-15-26-27-16-9-20-32-35(27)36-29(34(26)30)17-10-21-33(36)44-32/h2-21,23H,22H2,1H3/b11-2-,25-23+. The van der Waals surface area contributed by atoms with E-state index in [0.717, 1.165) is 39.7 Å². The highest BCUT2D eigenvalue weighted by Crippen LogP contribution is 2.47. The Labute approximate surface area is 257 Å². The van der Waals surface area contributed by atoms with Crippen LogP contribution in [-0.4, -0.2) is 9.97 Å². The fourth-order valence-electron chi connectivity index (χ4n) is 6.72. The molecule has 0 atom stereocenters. The molecule has 44 heavy (non-hydrogen) atoms. The first-order valence-corrected chi connectivity index (χ1v) is 15.7. The van der Waals surface area contributed by atoms with Gasteiger partial charge in [-0.15, -0.1) is 11.3 Å². The van der Waals surface area contributed by atoms with Gasteiger partial charge in [-0.3, -0.25) is 0 Å². The van der Waals surface area contributed by atoms with Crippen LogP contribution < -0.4 is 0 Å². The lowest BCUT2D eigenvalue weighted by Gasteiger charge is -2.14. The third kappa shape index (κ3) is 3.74. The van der Waals surface area contributed by atoms with Gasteiger partial charge in [-0.05, 0) is 59.3 Å². The number of para-hydroxylation sites is 1. The Morgan fingerprint density at radius 2 is 1.36 bits per heavy atom. The van der Waals surface area contributed by atoms with Gasteiger partial charge in [0.2, 0.25) is 0 Å². The molecule has 0 saturated heterocycles. The van der Waals surface area contributed by atoms with E-state index in [1.807, 2.05) is 36.5 Å². The number of hydrogen-bond acceptors (Lipinski definition) is 4. The third-order valence-corrected chi connectivity index (χ3v) is 9.75. The summed E-state index contributed by atoms with van der Waals surface area (Å²) in [7, 11) is 0. The number of allylic oxidation sites excluding steroid dienone is 4. The van der Waals surface area contributed by atoms with Gasteiger partial charge in [-0.1, -0.05) is 103 Å². The second kappa shape index (κ2) is 9.87. The summed E-state index contributed by atoms with van der Waals surface area (Å²) in [6.45, 7) is 2.04. The number of fused-ring (bicyclic) bond motifs is 6. The van der Waals surface area contributed by atoms with Crippen LogP contribution in [0.1, 0.15) is 18.2 Å². The summed E-state index contributed by atoms with van der Waals surface area (Å²) in [6.07, 6.45) is 7.22. The molecule has 0 aliphatic carbocycles. The summed E-state index contributed by atoms with van der Waals surface area (Å²) in [6, 6.07) is 38.5. The van der Waals surface area contributed by atoms with Crippen molar-refractivity contribution in [1.29, 1.82) is 0 Å². The zero-order valence-electron chi connectivity index (χ0n) is 24.0. The van der Waals surface area contributed by atoms with Crippen molar-refractivity contribution in [3.05, 3.63) is 139 Å². The molecular formula is C40H26N2OS. The molecule has 9 rings (SSSR count). The maximum Gasteiger partial charge on any atom is 0.180 e. The van der Waals surface area contributed by atoms with E-state index in [2.05, 4.69) is 109 Å². The van der Waals surface area contributed by atoms with Gasteiger partial charge >= 0.3 is 0 Å². The minimum Gasteiger partial charge on any atom is -0.452 e. The first-order valence-electron chi connectivity index (χ1n) is 14.9. The molecule has 0 amide bonds. The number of aromatic nitrogens is 2. The lowest BCUT2D eigenvalue weighted by molar-refractivity contribution is 0.664. The summed E-state index contributed by atoms with van der Waals surface area (Å²) in [5, 5.41) is 8.61. The highest BCUT2D eigenvalue weighted by molar-refractivity contribution is 7.26. The smallest absolute Gasteiger partial charge is 0.180 e. The average molecular weight is 583 g/mol. The van der Waals surface area contributed by atoms with Crippen molar-refractivity contribution in [2.45, 2.75) is 13.3 Å². The van der Waals surface area contributed by atoms with Crippen LogP contribution in [0.5, 0.6) is 0 Å². The second-order valence-corrected chi connectivity index (χ2v) is 12.3. The molecule has 6 aromatic carbocycles. The number of nitrogens with zero attached hydrogens (tertiary/aromatic N) is 2. The maximum absolute atomic E-state index is 6.49. The Morgan fingerprint density at radius 3 is 2.18 bits per heavy atom. The topological polar surface area (TPSA) is 38.9 Å². The molecule has 0 aliphatic heterocycles. The molecule has 0 spiro atoms. The molecule has 0 saturated carbocycles. The van der Waals surface area contributed by atoms with E-state index in [-0.39, 0.29) is 0 Å². The fraction of sp³-hybridized carbons (Fsp3) is 0.0500. The number of furan rings is 1. The quantitative estimate of drug-likeness (QED) is 0.150. The van der Waals surface area contributed by atoms with Crippen molar-refractivity contribution < 1.29 is 4.42 Å². The molecule has 0 aliphatic rings. The van der Waals surface area contributed by atoms with Crippen LogP contribution in [0.25, 0.3) is 80.7 Å². The van der Waals surface area contributed by atoms with Crippen molar-refractivity contribution >= 4 is 80.7 Å². The van der Waals surface area contributed by atoms with E-state index in [4.69, 9.17) is 14.4 Å². The van der Waals surface area contributed by atoms with Crippen molar-refractivity contribution in [2.75, 3.05) is 0 Å². The first kappa shape index (κ1) is 25.2. The van der Waals surface area contributed by atoms with E-state index >= 15 is 0 Å². The van der Waals surface area contributed by atoms with E-state index in [9.17, 15) is 0 Å². The van der Waals surface area contributed by atoms with E-state index in [1.54, 1.807) is 0 Å². The van der Waals surface area contributed by atoms with Crippen LogP contribution in [0.15, 0.2) is 132 Å². The molecular weight excluding hydrogens is 557 g/mol. The predicted octanol–water partition coefficient (Wildman–Crippen LogP) is 11.4. The van der Waals surface area contributed by atoms with Crippen molar-refractivity contribution in [2.24, 2.45) is 0 Å². The molecule has 3 nitrogen and oxygen atoms in total. The molecule has 0 N–H and O–H groups in total. The van der Waals surface area contributed by atoms with E-state index in [1.165, 1.54) is 47.3 Å². The first-order chi connectivity index (χ1) is 21.8. The number of rotatable bonds is 5. The normalized spacial score (nSPS) is 12.8. The molecule has 3 aromatic heterocycles. The highest BCUT2D eigenvalue weighted by atomic mass is 32.1. The van der Waals surface area contributed by atoms with Gasteiger partial charge in [0, 0.05) is 42.1 Å². The predicted molar refractivity (Wildman–Crippen MR) is 187 cm³/mol.